The molecule has 0 radical (unpaired) electrons. The Morgan fingerprint density at radius 2 is 2.14 bits per heavy atom. The lowest BCUT2D eigenvalue weighted by molar-refractivity contribution is 0.275. The third-order valence-electron chi connectivity index (χ3n) is 3.35. The maximum Gasteiger partial charge on any atom is 0.161 e. The van der Waals surface area contributed by atoms with Crippen LogP contribution in [-0.4, -0.2) is 16.7 Å². The van der Waals surface area contributed by atoms with E-state index in [0.717, 1.165) is 24.2 Å². The summed E-state index contributed by atoms with van der Waals surface area (Å²) in [6, 6.07) is 5.76. The lowest BCUT2D eigenvalue weighted by Crippen LogP contribution is -2.07. The van der Waals surface area contributed by atoms with Gasteiger partial charge in [-0.05, 0) is 31.0 Å². The summed E-state index contributed by atoms with van der Waals surface area (Å²) in [5.74, 6) is 1.41. The average molecular weight is 289 g/mol. The molecule has 0 saturated heterocycles. The summed E-state index contributed by atoms with van der Waals surface area (Å²) in [5, 5.41) is 0. The van der Waals surface area contributed by atoms with Crippen molar-refractivity contribution in [3.63, 3.8) is 0 Å². The summed E-state index contributed by atoms with van der Waals surface area (Å²) in [6.45, 7) is 5.49. The summed E-state index contributed by atoms with van der Waals surface area (Å²) < 4.78 is 13.3. The summed E-state index contributed by atoms with van der Waals surface area (Å²) in [7, 11) is 1.63. The van der Waals surface area contributed by atoms with Gasteiger partial charge in [0, 0.05) is 12.6 Å². The van der Waals surface area contributed by atoms with Crippen LogP contribution >= 0.6 is 0 Å². The van der Waals surface area contributed by atoms with E-state index in [4.69, 9.17) is 15.2 Å². The van der Waals surface area contributed by atoms with Gasteiger partial charge < -0.3 is 19.8 Å². The largest absolute Gasteiger partial charge is 0.493 e. The van der Waals surface area contributed by atoms with Crippen LogP contribution in [-0.2, 0) is 13.2 Å². The van der Waals surface area contributed by atoms with Crippen molar-refractivity contribution in [1.29, 1.82) is 0 Å². The van der Waals surface area contributed by atoms with Crippen LogP contribution in [0.3, 0.4) is 0 Å². The zero-order valence-electron chi connectivity index (χ0n) is 12.9. The summed E-state index contributed by atoms with van der Waals surface area (Å²) in [4.78, 5) is 4.17. The predicted octanol–water partition coefficient (Wildman–Crippen LogP) is 2.90. The van der Waals surface area contributed by atoms with E-state index in [9.17, 15) is 0 Å². The smallest absolute Gasteiger partial charge is 0.161 e. The van der Waals surface area contributed by atoms with Crippen molar-refractivity contribution in [3.05, 3.63) is 42.0 Å². The first-order valence-corrected chi connectivity index (χ1v) is 7.21. The predicted molar refractivity (Wildman–Crippen MR) is 82.4 cm³/mol. The van der Waals surface area contributed by atoms with Crippen LogP contribution in [0.15, 0.2) is 30.7 Å². The minimum Gasteiger partial charge on any atom is -0.493 e. The zero-order chi connectivity index (χ0) is 15.2. The molecule has 5 heteroatoms. The van der Waals surface area contributed by atoms with Gasteiger partial charge in [-0.1, -0.05) is 13.0 Å². The average Bonchev–Trinajstić information content (AvgIpc) is 2.92. The number of hydrogen-bond donors (Lipinski definition) is 1. The van der Waals surface area contributed by atoms with Gasteiger partial charge >= 0.3 is 0 Å². The summed E-state index contributed by atoms with van der Waals surface area (Å²) in [5.41, 5.74) is 7.96. The van der Waals surface area contributed by atoms with Crippen LogP contribution < -0.4 is 15.2 Å². The lowest BCUT2D eigenvalue weighted by Gasteiger charge is -2.14. The number of methoxy groups -OCH3 is 1. The van der Waals surface area contributed by atoms with Crippen LogP contribution in [0.5, 0.6) is 11.5 Å². The van der Waals surface area contributed by atoms with Crippen LogP contribution in [0.2, 0.25) is 0 Å². The first kappa shape index (κ1) is 15.4. The number of ether oxygens (including phenoxy) is 2. The Balaban J connectivity index is 2.10. The minimum atomic E-state index is -0.0288. The fourth-order valence-corrected chi connectivity index (χ4v) is 2.15. The normalized spacial score (nSPS) is 12.2. The first-order valence-electron chi connectivity index (χ1n) is 7.21. The number of hydrogen-bond acceptors (Lipinski definition) is 4. The van der Waals surface area contributed by atoms with E-state index in [0.29, 0.717) is 18.1 Å². The van der Waals surface area contributed by atoms with Gasteiger partial charge in [0.2, 0.25) is 0 Å². The molecule has 0 aliphatic heterocycles. The second-order valence-corrected chi connectivity index (χ2v) is 5.07. The number of aromatic nitrogens is 2. The highest BCUT2D eigenvalue weighted by Gasteiger charge is 2.09. The molecule has 0 spiro atoms. The number of rotatable bonds is 7. The molecule has 0 bridgehead atoms. The van der Waals surface area contributed by atoms with E-state index >= 15 is 0 Å². The van der Waals surface area contributed by atoms with Crippen LogP contribution in [0.25, 0.3) is 0 Å². The Hall–Kier alpha value is -2.01. The van der Waals surface area contributed by atoms with E-state index in [-0.39, 0.29) is 6.04 Å². The Morgan fingerprint density at radius 1 is 1.33 bits per heavy atom. The van der Waals surface area contributed by atoms with Crippen molar-refractivity contribution >= 4 is 0 Å². The maximum atomic E-state index is 5.88. The van der Waals surface area contributed by atoms with E-state index < -0.39 is 0 Å². The molecule has 1 atom stereocenters. The van der Waals surface area contributed by atoms with Gasteiger partial charge in [-0.3, -0.25) is 0 Å². The van der Waals surface area contributed by atoms with E-state index in [1.165, 1.54) is 0 Å². The highest BCUT2D eigenvalue weighted by Crippen LogP contribution is 2.30. The molecular weight excluding hydrogens is 266 g/mol. The molecule has 0 saturated carbocycles. The lowest BCUT2D eigenvalue weighted by atomic mass is 10.1. The first-order chi connectivity index (χ1) is 10.2. The van der Waals surface area contributed by atoms with Gasteiger partial charge in [0.15, 0.2) is 11.5 Å². The van der Waals surface area contributed by atoms with Crippen molar-refractivity contribution in [3.8, 4) is 11.5 Å². The fourth-order valence-electron chi connectivity index (χ4n) is 2.15. The third-order valence-corrected chi connectivity index (χ3v) is 3.35. The number of nitrogens with two attached hydrogens (primary N) is 1. The van der Waals surface area contributed by atoms with Crippen molar-refractivity contribution in [2.24, 2.45) is 5.73 Å². The highest BCUT2D eigenvalue weighted by atomic mass is 16.5. The molecule has 1 aromatic carbocycles. The van der Waals surface area contributed by atoms with E-state index in [2.05, 4.69) is 16.5 Å². The van der Waals surface area contributed by atoms with Gasteiger partial charge in [0.25, 0.3) is 0 Å². The standard InChI is InChI=1S/C16H23N3O2/c1-4-7-19-11-18-9-14(19)10-21-15-6-5-13(12(2)17)8-16(15)20-3/h5-6,8-9,11-12H,4,7,10,17H2,1-3H3. The molecule has 1 aromatic heterocycles. The minimum absolute atomic E-state index is 0.0288. The quantitative estimate of drug-likeness (QED) is 0.851. The molecule has 0 fully saturated rings. The molecule has 2 rings (SSSR count). The van der Waals surface area contributed by atoms with Crippen molar-refractivity contribution in [1.82, 2.24) is 9.55 Å². The number of imidazole rings is 1. The summed E-state index contributed by atoms with van der Waals surface area (Å²) >= 11 is 0. The number of aryl methyl sites for hydroxylation is 1. The Morgan fingerprint density at radius 3 is 2.81 bits per heavy atom. The molecule has 0 aliphatic rings. The van der Waals surface area contributed by atoms with Crippen LogP contribution in [0.4, 0.5) is 0 Å². The number of nitrogens with zero attached hydrogens (tertiary/aromatic N) is 2. The molecule has 0 aliphatic carbocycles. The second-order valence-electron chi connectivity index (χ2n) is 5.07. The molecule has 5 nitrogen and oxygen atoms in total. The third kappa shape index (κ3) is 3.76. The summed E-state index contributed by atoms with van der Waals surface area (Å²) in [6.07, 6.45) is 4.73. The molecule has 1 heterocycles. The van der Waals surface area contributed by atoms with Gasteiger partial charge in [0.1, 0.15) is 6.61 Å². The second kappa shape index (κ2) is 7.13. The van der Waals surface area contributed by atoms with Crippen molar-refractivity contribution in [2.45, 2.75) is 39.5 Å². The molecule has 2 aromatic rings. The zero-order valence-corrected chi connectivity index (χ0v) is 12.9. The molecule has 0 amide bonds. The number of benzene rings is 1. The molecule has 21 heavy (non-hydrogen) atoms. The van der Waals surface area contributed by atoms with Crippen molar-refractivity contribution < 1.29 is 9.47 Å². The van der Waals surface area contributed by atoms with Crippen LogP contribution in [0.1, 0.15) is 37.6 Å². The van der Waals surface area contributed by atoms with Gasteiger partial charge in [-0.25, -0.2) is 4.98 Å². The fraction of sp³-hybridized carbons (Fsp3) is 0.438. The molecule has 2 N–H and O–H groups in total. The van der Waals surface area contributed by atoms with Gasteiger partial charge in [-0.15, -0.1) is 0 Å². The Labute approximate surface area is 125 Å². The van der Waals surface area contributed by atoms with Crippen molar-refractivity contribution in [2.75, 3.05) is 7.11 Å². The topological polar surface area (TPSA) is 62.3 Å². The van der Waals surface area contributed by atoms with Gasteiger partial charge in [0.05, 0.1) is 25.3 Å². The monoisotopic (exact) mass is 289 g/mol. The highest BCUT2D eigenvalue weighted by molar-refractivity contribution is 5.43. The molecule has 1 unspecified atom stereocenters. The maximum absolute atomic E-state index is 5.88. The molecule has 114 valence electrons. The van der Waals surface area contributed by atoms with Gasteiger partial charge in [-0.2, -0.15) is 0 Å². The van der Waals surface area contributed by atoms with Crippen LogP contribution in [0, 0.1) is 0 Å². The van der Waals surface area contributed by atoms with E-state index in [1.807, 2.05) is 37.6 Å². The Bertz CT molecular complexity index is 579. The Kier molecular flexibility index (Phi) is 5.22. The molecular formula is C16H23N3O2. The van der Waals surface area contributed by atoms with E-state index in [1.54, 1.807) is 7.11 Å². The SMILES string of the molecule is CCCn1cncc1COc1ccc(C(C)N)cc1OC.